The molecule has 2 aliphatic rings. The molecule has 0 spiro atoms. The molecule has 9 aromatic rings. The third kappa shape index (κ3) is 4.00. The standard InChI is InChI=1S/C48H30O/c1-2-8-32-25-33(18-15-29(32)7-1)34-19-16-30-21-24-40-39(44(30)26-34)23-22-31-17-20-36(27-45(31)40)38-11-5-14-43-42-13-6-12-41-37-10-4-3-9-35(37)28-46(47(41)42)49-48(38)43/h1-2,4-8,10-28H,3,9H2. The number of hydrogen-bond acceptors (Lipinski definition) is 1. The lowest BCUT2D eigenvalue weighted by molar-refractivity contribution is 0.488. The van der Waals surface area contributed by atoms with E-state index in [0.717, 1.165) is 35.5 Å². The van der Waals surface area contributed by atoms with Crippen LogP contribution in [-0.2, 0) is 6.42 Å². The van der Waals surface area contributed by atoms with Crippen LogP contribution in [0.3, 0.4) is 0 Å². The van der Waals surface area contributed by atoms with Crippen molar-refractivity contribution in [2.75, 3.05) is 0 Å². The topological polar surface area (TPSA) is 9.23 Å². The predicted molar refractivity (Wildman–Crippen MR) is 208 cm³/mol. The fourth-order valence-corrected chi connectivity index (χ4v) is 8.45. The van der Waals surface area contributed by atoms with Crippen LogP contribution in [0.2, 0.25) is 0 Å². The highest BCUT2D eigenvalue weighted by atomic mass is 16.5. The zero-order chi connectivity index (χ0) is 32.1. The lowest BCUT2D eigenvalue weighted by atomic mass is 9.86. The number of rotatable bonds is 2. The SMILES string of the molecule is C1=Cc2c(cc3c4c(cccc24)-c2cccc(-c4ccc5ccc6c7cc(-c8ccc9ccccc9c8)ccc7ccc6c5c4)c2O3)CC1. The van der Waals surface area contributed by atoms with E-state index >= 15 is 0 Å². The molecule has 0 unspecified atom stereocenters. The minimum absolute atomic E-state index is 0.943. The van der Waals surface area contributed by atoms with Crippen molar-refractivity contribution < 1.29 is 4.74 Å². The predicted octanol–water partition coefficient (Wildman–Crippen LogP) is 13.5. The van der Waals surface area contributed by atoms with Crippen LogP contribution in [0.1, 0.15) is 17.5 Å². The van der Waals surface area contributed by atoms with Crippen molar-refractivity contribution in [3.8, 4) is 44.9 Å². The van der Waals surface area contributed by atoms with E-state index in [2.05, 4.69) is 158 Å². The summed E-state index contributed by atoms with van der Waals surface area (Å²) in [6.07, 6.45) is 6.71. The summed E-state index contributed by atoms with van der Waals surface area (Å²) in [7, 11) is 0. The van der Waals surface area contributed by atoms with Gasteiger partial charge in [-0.2, -0.15) is 0 Å². The molecule has 0 atom stereocenters. The third-order valence-corrected chi connectivity index (χ3v) is 10.9. The van der Waals surface area contributed by atoms with E-state index in [4.69, 9.17) is 4.74 Å². The molecular formula is C48H30O. The van der Waals surface area contributed by atoms with Gasteiger partial charge in [-0.3, -0.25) is 0 Å². The van der Waals surface area contributed by atoms with Crippen molar-refractivity contribution in [3.63, 3.8) is 0 Å². The van der Waals surface area contributed by atoms with Gasteiger partial charge in [0, 0.05) is 16.5 Å². The Morgan fingerprint density at radius 1 is 0.429 bits per heavy atom. The van der Waals surface area contributed by atoms with Gasteiger partial charge in [0.1, 0.15) is 11.5 Å². The minimum Gasteiger partial charge on any atom is -0.455 e. The lowest BCUT2D eigenvalue weighted by Crippen LogP contribution is -2.03. The van der Waals surface area contributed by atoms with E-state index in [9.17, 15) is 0 Å². The summed E-state index contributed by atoms with van der Waals surface area (Å²) in [5.41, 5.74) is 9.88. The molecule has 0 radical (unpaired) electrons. The Labute approximate surface area is 284 Å². The molecule has 1 aliphatic heterocycles. The van der Waals surface area contributed by atoms with Crippen LogP contribution in [0.5, 0.6) is 11.5 Å². The monoisotopic (exact) mass is 622 g/mol. The number of aryl methyl sites for hydroxylation is 1. The Bertz CT molecular complexity index is 2910. The van der Waals surface area contributed by atoms with E-state index in [1.165, 1.54) is 87.2 Å². The first kappa shape index (κ1) is 26.8. The van der Waals surface area contributed by atoms with Crippen LogP contribution in [0.4, 0.5) is 0 Å². The van der Waals surface area contributed by atoms with Gasteiger partial charge >= 0.3 is 0 Å². The van der Waals surface area contributed by atoms with Crippen LogP contribution >= 0.6 is 0 Å². The number of fused-ring (bicyclic) bond motifs is 10. The minimum atomic E-state index is 0.943. The molecular weight excluding hydrogens is 593 g/mol. The first-order valence-corrected chi connectivity index (χ1v) is 17.2. The molecule has 0 aromatic heterocycles. The van der Waals surface area contributed by atoms with Crippen LogP contribution in [0.25, 0.3) is 93.3 Å². The molecule has 0 saturated carbocycles. The number of hydrogen-bond donors (Lipinski definition) is 0. The largest absolute Gasteiger partial charge is 0.455 e. The summed E-state index contributed by atoms with van der Waals surface area (Å²) in [6.45, 7) is 0. The summed E-state index contributed by atoms with van der Waals surface area (Å²) in [4.78, 5) is 0. The lowest BCUT2D eigenvalue weighted by Gasteiger charge is -2.26. The normalized spacial score (nSPS) is 13.2. The maximum absolute atomic E-state index is 6.92. The summed E-state index contributed by atoms with van der Waals surface area (Å²) >= 11 is 0. The molecule has 11 rings (SSSR count). The van der Waals surface area contributed by atoms with E-state index in [-0.39, 0.29) is 0 Å². The number of ether oxygens (including phenoxy) is 1. The Hall–Kier alpha value is -6.18. The molecule has 49 heavy (non-hydrogen) atoms. The summed E-state index contributed by atoms with van der Waals surface area (Å²) in [5.74, 6) is 1.92. The van der Waals surface area contributed by atoms with E-state index in [1.807, 2.05) is 0 Å². The molecule has 0 fully saturated rings. The van der Waals surface area contributed by atoms with Gasteiger partial charge in [0.05, 0.1) is 0 Å². The molecule has 1 nitrogen and oxygen atoms in total. The van der Waals surface area contributed by atoms with Gasteiger partial charge < -0.3 is 4.74 Å². The Morgan fingerprint density at radius 2 is 1.08 bits per heavy atom. The van der Waals surface area contributed by atoms with Crippen molar-refractivity contribution in [1.82, 2.24) is 0 Å². The number of allylic oxidation sites excluding steroid dienone is 1. The average Bonchev–Trinajstić information content (AvgIpc) is 3.17. The van der Waals surface area contributed by atoms with Gasteiger partial charge in [0.2, 0.25) is 0 Å². The molecule has 9 aromatic carbocycles. The molecule has 0 bridgehead atoms. The molecule has 0 N–H and O–H groups in total. The van der Waals surface area contributed by atoms with Crippen LogP contribution in [0, 0.1) is 0 Å². The summed E-state index contributed by atoms with van der Waals surface area (Å²) in [5, 5.41) is 12.6. The van der Waals surface area contributed by atoms with Gasteiger partial charge in [0.15, 0.2) is 0 Å². The average molecular weight is 623 g/mol. The molecule has 228 valence electrons. The maximum Gasteiger partial charge on any atom is 0.143 e. The smallest absolute Gasteiger partial charge is 0.143 e. The number of para-hydroxylation sites is 1. The van der Waals surface area contributed by atoms with Gasteiger partial charge in [-0.25, -0.2) is 0 Å². The highest BCUT2D eigenvalue weighted by molar-refractivity contribution is 6.18. The zero-order valence-electron chi connectivity index (χ0n) is 26.8. The van der Waals surface area contributed by atoms with Gasteiger partial charge in [-0.15, -0.1) is 0 Å². The first-order chi connectivity index (χ1) is 24.3. The zero-order valence-corrected chi connectivity index (χ0v) is 26.8. The molecule has 1 aliphatic carbocycles. The molecule has 0 saturated heterocycles. The van der Waals surface area contributed by atoms with Crippen LogP contribution < -0.4 is 4.74 Å². The van der Waals surface area contributed by atoms with Gasteiger partial charge in [0.25, 0.3) is 0 Å². The maximum atomic E-state index is 6.92. The number of benzene rings is 9. The van der Waals surface area contributed by atoms with Gasteiger partial charge in [-0.1, -0.05) is 133 Å². The highest BCUT2D eigenvalue weighted by Crippen LogP contribution is 2.52. The second-order valence-electron chi connectivity index (χ2n) is 13.6. The van der Waals surface area contributed by atoms with Crippen molar-refractivity contribution in [3.05, 3.63) is 163 Å². The van der Waals surface area contributed by atoms with Crippen molar-refractivity contribution in [2.24, 2.45) is 0 Å². The van der Waals surface area contributed by atoms with E-state index < -0.39 is 0 Å². The molecule has 1 heteroatoms. The highest BCUT2D eigenvalue weighted by Gasteiger charge is 2.25. The van der Waals surface area contributed by atoms with Crippen LogP contribution in [-0.4, -0.2) is 0 Å². The Balaban J connectivity index is 1.08. The summed E-state index contributed by atoms with van der Waals surface area (Å²) < 4.78 is 6.92. The van der Waals surface area contributed by atoms with Crippen molar-refractivity contribution in [2.45, 2.75) is 12.8 Å². The Kier molecular flexibility index (Phi) is 5.57. The fourth-order valence-electron chi connectivity index (χ4n) is 8.45. The third-order valence-electron chi connectivity index (χ3n) is 10.9. The van der Waals surface area contributed by atoms with E-state index in [1.54, 1.807) is 0 Å². The quantitative estimate of drug-likeness (QED) is 0.174. The Morgan fingerprint density at radius 3 is 1.92 bits per heavy atom. The van der Waals surface area contributed by atoms with Gasteiger partial charge in [-0.05, 0) is 119 Å². The van der Waals surface area contributed by atoms with Crippen molar-refractivity contribution >= 4 is 59.9 Å². The first-order valence-electron chi connectivity index (χ1n) is 17.2. The second-order valence-corrected chi connectivity index (χ2v) is 13.6. The second kappa shape index (κ2) is 10.2. The molecule has 1 heterocycles. The fraction of sp³-hybridized carbons (Fsp3) is 0.0417. The van der Waals surface area contributed by atoms with Crippen LogP contribution in [0.15, 0.2) is 152 Å². The van der Waals surface area contributed by atoms with E-state index in [0.29, 0.717) is 0 Å². The molecule has 0 amide bonds. The van der Waals surface area contributed by atoms with Crippen molar-refractivity contribution in [1.29, 1.82) is 0 Å². The summed E-state index contributed by atoms with van der Waals surface area (Å²) in [6, 6.07) is 53.8.